The number of sulfone groups is 1. The highest BCUT2D eigenvalue weighted by Gasteiger charge is 2.36. The van der Waals surface area contributed by atoms with Crippen LogP contribution in [0.15, 0.2) is 36.5 Å². The molecule has 1 aromatic heterocycles. The summed E-state index contributed by atoms with van der Waals surface area (Å²) in [5, 5.41) is 3.90. The van der Waals surface area contributed by atoms with Crippen molar-refractivity contribution in [1.82, 2.24) is 10.3 Å². The van der Waals surface area contributed by atoms with Gasteiger partial charge in [0.05, 0.1) is 22.6 Å². The molecule has 1 fully saturated rings. The zero-order valence-electron chi connectivity index (χ0n) is 12.1. The van der Waals surface area contributed by atoms with E-state index >= 15 is 0 Å². The molecule has 0 saturated carbocycles. The van der Waals surface area contributed by atoms with E-state index in [4.69, 9.17) is 0 Å². The number of benzene rings is 1. The molecule has 0 bridgehead atoms. The summed E-state index contributed by atoms with van der Waals surface area (Å²) in [6.45, 7) is 0. The number of fused-ring (bicyclic) bond motifs is 1. The van der Waals surface area contributed by atoms with E-state index in [1.54, 1.807) is 6.20 Å². The number of para-hydroxylation sites is 1. The molecule has 0 aliphatic carbocycles. The van der Waals surface area contributed by atoms with Gasteiger partial charge < -0.3 is 5.32 Å². The Morgan fingerprint density at radius 3 is 2.81 bits per heavy atom. The first-order valence-corrected chi connectivity index (χ1v) is 9.07. The minimum Gasteiger partial charge on any atom is -0.312 e. The molecule has 2 unspecified atom stereocenters. The number of pyridine rings is 1. The molecule has 4 nitrogen and oxygen atoms in total. The van der Waals surface area contributed by atoms with Crippen molar-refractivity contribution in [3.05, 3.63) is 42.1 Å². The van der Waals surface area contributed by atoms with Crippen molar-refractivity contribution in [1.29, 1.82) is 0 Å². The van der Waals surface area contributed by atoms with Gasteiger partial charge in [-0.2, -0.15) is 0 Å². The molecule has 3 rings (SSSR count). The molecule has 112 valence electrons. The monoisotopic (exact) mass is 304 g/mol. The molecule has 0 spiro atoms. The first-order valence-electron chi connectivity index (χ1n) is 7.36. The van der Waals surface area contributed by atoms with E-state index in [9.17, 15) is 8.42 Å². The average molecular weight is 304 g/mol. The lowest BCUT2D eigenvalue weighted by Crippen LogP contribution is -2.39. The molecule has 5 heteroatoms. The van der Waals surface area contributed by atoms with Crippen LogP contribution in [0, 0.1) is 0 Å². The van der Waals surface area contributed by atoms with E-state index < -0.39 is 9.84 Å². The highest BCUT2D eigenvalue weighted by atomic mass is 32.2. The third-order valence-corrected chi connectivity index (χ3v) is 6.60. The topological polar surface area (TPSA) is 59.1 Å². The van der Waals surface area contributed by atoms with Crippen molar-refractivity contribution < 1.29 is 8.42 Å². The highest BCUT2D eigenvalue weighted by molar-refractivity contribution is 7.92. The number of hydrogen-bond acceptors (Lipinski definition) is 4. The van der Waals surface area contributed by atoms with E-state index in [2.05, 4.69) is 10.3 Å². The van der Waals surface area contributed by atoms with Gasteiger partial charge >= 0.3 is 0 Å². The zero-order valence-corrected chi connectivity index (χ0v) is 12.9. The number of nitrogens with one attached hydrogen (secondary N) is 1. The van der Waals surface area contributed by atoms with Crippen molar-refractivity contribution in [2.45, 2.75) is 30.6 Å². The minimum absolute atomic E-state index is 0.200. The molecule has 21 heavy (non-hydrogen) atoms. The molecule has 0 radical (unpaired) electrons. The summed E-state index contributed by atoms with van der Waals surface area (Å²) in [7, 11) is -1.21. The van der Waals surface area contributed by atoms with Gasteiger partial charge in [-0.1, -0.05) is 30.7 Å². The second-order valence-corrected chi connectivity index (χ2v) is 7.93. The van der Waals surface area contributed by atoms with Crippen LogP contribution >= 0.6 is 0 Å². The van der Waals surface area contributed by atoms with Crippen LogP contribution in [0.25, 0.3) is 10.9 Å². The highest BCUT2D eigenvalue weighted by Crippen LogP contribution is 2.33. The van der Waals surface area contributed by atoms with Crippen molar-refractivity contribution in [2.75, 3.05) is 12.8 Å². The lowest BCUT2D eigenvalue weighted by atomic mass is 9.97. The maximum Gasteiger partial charge on any atom is 0.155 e. The Morgan fingerprint density at radius 2 is 2.05 bits per heavy atom. The zero-order chi connectivity index (χ0) is 14.9. The fourth-order valence-electron chi connectivity index (χ4n) is 3.27. The summed E-state index contributed by atoms with van der Waals surface area (Å²) in [6.07, 6.45) is 4.23. The fraction of sp³-hybridized carbons (Fsp3) is 0.438. The van der Waals surface area contributed by atoms with Crippen molar-refractivity contribution >= 4 is 20.7 Å². The molecule has 1 N–H and O–H groups in total. The second-order valence-electron chi connectivity index (χ2n) is 5.59. The van der Waals surface area contributed by atoms with Gasteiger partial charge in [0, 0.05) is 11.6 Å². The van der Waals surface area contributed by atoms with Crippen LogP contribution in [-0.2, 0) is 9.84 Å². The maximum absolute atomic E-state index is 12.4. The number of hydrogen-bond donors (Lipinski definition) is 1. The average Bonchev–Trinajstić information content (AvgIpc) is 2.49. The van der Waals surface area contributed by atoms with Gasteiger partial charge in [-0.15, -0.1) is 0 Å². The summed E-state index contributed by atoms with van der Waals surface area (Å²) in [5.74, 6) is 0.300. The van der Waals surface area contributed by atoms with Crippen LogP contribution in [0.1, 0.15) is 30.9 Å². The summed E-state index contributed by atoms with van der Waals surface area (Å²) in [6, 6.07) is 9.67. The van der Waals surface area contributed by atoms with Crippen LogP contribution in [0.2, 0.25) is 0 Å². The quantitative estimate of drug-likeness (QED) is 0.946. The lowest BCUT2D eigenvalue weighted by Gasteiger charge is -2.30. The van der Waals surface area contributed by atoms with Gasteiger partial charge in [0.15, 0.2) is 9.84 Å². The number of nitrogens with zero attached hydrogens (tertiary/aromatic N) is 1. The van der Waals surface area contributed by atoms with Gasteiger partial charge in [-0.05, 0) is 31.5 Å². The number of aromatic nitrogens is 1. The standard InChI is InChI=1S/C16H20N2O2S/c1-17-16(14-9-2-3-11-21(14,19)20)13-8-4-6-12-7-5-10-18-15(12)13/h4-8,10,14,16-17H,2-3,9,11H2,1H3. The molecule has 1 aliphatic rings. The van der Waals surface area contributed by atoms with Gasteiger partial charge in [0.25, 0.3) is 0 Å². The van der Waals surface area contributed by atoms with Gasteiger partial charge in [0.1, 0.15) is 0 Å². The fourth-order valence-corrected chi connectivity index (χ4v) is 5.41. The summed E-state index contributed by atoms with van der Waals surface area (Å²) >= 11 is 0. The van der Waals surface area contributed by atoms with E-state index in [1.807, 2.05) is 37.4 Å². The Kier molecular flexibility index (Phi) is 3.95. The van der Waals surface area contributed by atoms with Crippen LogP contribution in [0.4, 0.5) is 0 Å². The summed E-state index contributed by atoms with van der Waals surface area (Å²) in [4.78, 5) is 4.46. The largest absolute Gasteiger partial charge is 0.312 e. The second kappa shape index (κ2) is 5.73. The lowest BCUT2D eigenvalue weighted by molar-refractivity contribution is 0.470. The third-order valence-electron chi connectivity index (χ3n) is 4.31. The van der Waals surface area contributed by atoms with E-state index in [-0.39, 0.29) is 11.3 Å². The maximum atomic E-state index is 12.4. The molecule has 1 aromatic carbocycles. The van der Waals surface area contributed by atoms with E-state index in [0.29, 0.717) is 5.75 Å². The van der Waals surface area contributed by atoms with Crippen LogP contribution in [-0.4, -0.2) is 31.5 Å². The molecule has 1 saturated heterocycles. The Morgan fingerprint density at radius 1 is 1.24 bits per heavy atom. The Balaban J connectivity index is 2.10. The first-order chi connectivity index (χ1) is 10.1. The minimum atomic E-state index is -3.04. The third kappa shape index (κ3) is 2.68. The number of rotatable bonds is 3. The van der Waals surface area contributed by atoms with Crippen LogP contribution in [0.3, 0.4) is 0 Å². The van der Waals surface area contributed by atoms with Gasteiger partial charge in [0.2, 0.25) is 0 Å². The van der Waals surface area contributed by atoms with Crippen molar-refractivity contribution in [3.8, 4) is 0 Å². The molecule has 2 heterocycles. The Hall–Kier alpha value is -1.46. The van der Waals surface area contributed by atoms with Crippen molar-refractivity contribution in [3.63, 3.8) is 0 Å². The smallest absolute Gasteiger partial charge is 0.155 e. The predicted molar refractivity (Wildman–Crippen MR) is 85.0 cm³/mol. The first kappa shape index (κ1) is 14.5. The van der Waals surface area contributed by atoms with Gasteiger partial charge in [-0.3, -0.25) is 4.98 Å². The molecule has 1 aliphatic heterocycles. The SMILES string of the molecule is CNC(c1cccc2cccnc12)C1CCCCS1(=O)=O. The van der Waals surface area contributed by atoms with E-state index in [1.165, 1.54) is 0 Å². The van der Waals surface area contributed by atoms with Crippen LogP contribution in [0.5, 0.6) is 0 Å². The Bertz CT molecular complexity index is 738. The molecule has 0 amide bonds. The van der Waals surface area contributed by atoms with E-state index in [0.717, 1.165) is 35.7 Å². The predicted octanol–water partition coefficient (Wildman–Crippen LogP) is 2.46. The van der Waals surface area contributed by atoms with Gasteiger partial charge in [-0.25, -0.2) is 8.42 Å². The summed E-state index contributed by atoms with van der Waals surface area (Å²) in [5.41, 5.74) is 1.87. The molecule has 2 atom stereocenters. The van der Waals surface area contributed by atoms with Crippen LogP contribution < -0.4 is 5.32 Å². The normalized spacial score (nSPS) is 23.0. The molecule has 2 aromatic rings. The van der Waals surface area contributed by atoms with Crippen molar-refractivity contribution in [2.24, 2.45) is 0 Å². The molecular formula is C16H20N2O2S. The molecular weight excluding hydrogens is 284 g/mol. The Labute approximate surface area is 125 Å². The summed E-state index contributed by atoms with van der Waals surface area (Å²) < 4.78 is 24.9.